The third kappa shape index (κ3) is 1.28. The minimum absolute atomic E-state index is 0.312. The monoisotopic (exact) mass is 204 g/mol. The molecular formula is C10H8N2O3. The number of rotatable bonds is 2. The van der Waals surface area contributed by atoms with Crippen LogP contribution in [0.3, 0.4) is 0 Å². The van der Waals surface area contributed by atoms with Gasteiger partial charge < -0.3 is 5.11 Å². The highest BCUT2D eigenvalue weighted by molar-refractivity contribution is 5.60. The molecule has 1 aliphatic carbocycles. The van der Waals surface area contributed by atoms with Crippen LogP contribution >= 0.6 is 0 Å². The molecule has 5 heteroatoms. The van der Waals surface area contributed by atoms with Crippen molar-refractivity contribution < 1.29 is 5.11 Å². The molecule has 0 saturated heterocycles. The lowest BCUT2D eigenvalue weighted by Gasteiger charge is -2.27. The van der Waals surface area contributed by atoms with Crippen molar-refractivity contribution in [2.75, 3.05) is 0 Å². The first kappa shape index (κ1) is 9.67. The minimum Gasteiger partial charge on any atom is -0.361 e. The Labute approximate surface area is 85.4 Å². The molecule has 15 heavy (non-hydrogen) atoms. The summed E-state index contributed by atoms with van der Waals surface area (Å²) < 4.78 is 0. The number of nitroso groups, excluding NO2 is 2. The van der Waals surface area contributed by atoms with Gasteiger partial charge in [0, 0.05) is 5.56 Å². The predicted molar refractivity (Wildman–Crippen MR) is 54.8 cm³/mol. The molecule has 0 aliphatic heterocycles. The van der Waals surface area contributed by atoms with Gasteiger partial charge in [0.1, 0.15) is 0 Å². The number of hydrogen-bond acceptors (Lipinski definition) is 5. The summed E-state index contributed by atoms with van der Waals surface area (Å²) in [7, 11) is 0. The standard InChI is InChI=1S/C10H8N2O3/c13-10(12-15)8-4-2-1-3-7(8)5-6-9(10)11-14/h1-6,9,13H. The van der Waals surface area contributed by atoms with E-state index in [9.17, 15) is 14.9 Å². The minimum atomic E-state index is -2.08. The second-order valence-corrected chi connectivity index (χ2v) is 3.31. The predicted octanol–water partition coefficient (Wildman–Crippen LogP) is 1.76. The maximum atomic E-state index is 10.7. The number of benzene rings is 1. The number of hydrogen-bond donors (Lipinski definition) is 1. The largest absolute Gasteiger partial charge is 0.361 e. The summed E-state index contributed by atoms with van der Waals surface area (Å²) in [5.74, 6) is 0. The summed E-state index contributed by atoms with van der Waals surface area (Å²) in [6.07, 6.45) is 3.01. The molecule has 0 spiro atoms. The van der Waals surface area contributed by atoms with E-state index in [0.717, 1.165) is 0 Å². The van der Waals surface area contributed by atoms with Gasteiger partial charge in [-0.25, -0.2) is 0 Å². The van der Waals surface area contributed by atoms with E-state index in [1.54, 1.807) is 30.3 Å². The van der Waals surface area contributed by atoms with Gasteiger partial charge in [0.25, 0.3) is 5.72 Å². The van der Waals surface area contributed by atoms with Gasteiger partial charge in [-0.3, -0.25) is 0 Å². The topological polar surface area (TPSA) is 79.1 Å². The number of fused-ring (bicyclic) bond motifs is 1. The maximum absolute atomic E-state index is 10.7. The van der Waals surface area contributed by atoms with Crippen LogP contribution in [0.25, 0.3) is 6.08 Å². The van der Waals surface area contributed by atoms with E-state index in [1.807, 2.05) is 0 Å². The average molecular weight is 204 g/mol. The lowest BCUT2D eigenvalue weighted by Crippen LogP contribution is -2.37. The highest BCUT2D eigenvalue weighted by Gasteiger charge is 2.43. The van der Waals surface area contributed by atoms with Crippen LogP contribution in [-0.2, 0) is 5.72 Å². The first-order valence-electron chi connectivity index (χ1n) is 4.39. The molecule has 0 aromatic heterocycles. The van der Waals surface area contributed by atoms with E-state index in [2.05, 4.69) is 10.4 Å². The summed E-state index contributed by atoms with van der Waals surface area (Å²) in [4.78, 5) is 21.2. The van der Waals surface area contributed by atoms with Crippen molar-refractivity contribution in [1.82, 2.24) is 0 Å². The summed E-state index contributed by atoms with van der Waals surface area (Å²) >= 11 is 0. The molecule has 1 aromatic carbocycles. The van der Waals surface area contributed by atoms with Crippen molar-refractivity contribution in [2.45, 2.75) is 11.8 Å². The van der Waals surface area contributed by atoms with E-state index in [1.165, 1.54) is 6.08 Å². The zero-order chi connectivity index (χ0) is 10.9. The Balaban J connectivity index is 2.64. The average Bonchev–Trinajstić information content (AvgIpc) is 2.30. The van der Waals surface area contributed by atoms with Gasteiger partial charge in [0.2, 0.25) is 0 Å². The fourth-order valence-electron chi connectivity index (χ4n) is 1.68. The van der Waals surface area contributed by atoms with Gasteiger partial charge in [-0.1, -0.05) is 41.6 Å². The molecule has 2 unspecified atom stereocenters. The van der Waals surface area contributed by atoms with Crippen LogP contribution in [-0.4, -0.2) is 11.1 Å². The van der Waals surface area contributed by atoms with Crippen molar-refractivity contribution in [3.8, 4) is 0 Å². The molecule has 0 radical (unpaired) electrons. The Kier molecular flexibility index (Phi) is 2.17. The fraction of sp³-hybridized carbons (Fsp3) is 0.200. The van der Waals surface area contributed by atoms with Crippen LogP contribution in [0.2, 0.25) is 0 Å². The Hall–Kier alpha value is -1.88. The van der Waals surface area contributed by atoms with Gasteiger partial charge >= 0.3 is 0 Å². The zero-order valence-corrected chi connectivity index (χ0v) is 7.70. The Morgan fingerprint density at radius 1 is 1.27 bits per heavy atom. The summed E-state index contributed by atoms with van der Waals surface area (Å²) in [5, 5.41) is 15.3. The van der Waals surface area contributed by atoms with Crippen molar-refractivity contribution >= 4 is 6.08 Å². The lowest BCUT2D eigenvalue weighted by atomic mass is 9.87. The molecule has 5 nitrogen and oxygen atoms in total. The van der Waals surface area contributed by atoms with E-state index in [0.29, 0.717) is 11.1 Å². The normalized spacial score (nSPS) is 28.2. The van der Waals surface area contributed by atoms with Crippen molar-refractivity contribution in [3.05, 3.63) is 51.3 Å². The van der Waals surface area contributed by atoms with Crippen LogP contribution in [0.15, 0.2) is 40.7 Å². The van der Waals surface area contributed by atoms with Gasteiger partial charge in [0.05, 0.1) is 0 Å². The first-order chi connectivity index (χ1) is 7.22. The Bertz CT molecular complexity index is 444. The van der Waals surface area contributed by atoms with E-state index < -0.39 is 11.8 Å². The lowest BCUT2D eigenvalue weighted by molar-refractivity contribution is 0.0303. The Morgan fingerprint density at radius 3 is 2.67 bits per heavy atom. The van der Waals surface area contributed by atoms with Gasteiger partial charge in [-0.2, -0.15) is 0 Å². The molecule has 0 saturated carbocycles. The van der Waals surface area contributed by atoms with Crippen LogP contribution in [0.1, 0.15) is 11.1 Å². The quantitative estimate of drug-likeness (QED) is 0.745. The third-order valence-corrected chi connectivity index (χ3v) is 2.48. The number of aliphatic hydroxyl groups is 1. The van der Waals surface area contributed by atoms with Gasteiger partial charge in [-0.15, -0.1) is 9.81 Å². The molecular weight excluding hydrogens is 196 g/mol. The van der Waals surface area contributed by atoms with E-state index in [-0.39, 0.29) is 0 Å². The van der Waals surface area contributed by atoms with Crippen molar-refractivity contribution in [2.24, 2.45) is 10.4 Å². The number of nitrogens with zero attached hydrogens (tertiary/aromatic N) is 2. The van der Waals surface area contributed by atoms with Crippen molar-refractivity contribution in [1.29, 1.82) is 0 Å². The first-order valence-corrected chi connectivity index (χ1v) is 4.39. The van der Waals surface area contributed by atoms with Gasteiger partial charge in [0.15, 0.2) is 6.04 Å². The van der Waals surface area contributed by atoms with Crippen LogP contribution in [0.5, 0.6) is 0 Å². The van der Waals surface area contributed by atoms with Crippen LogP contribution in [0, 0.1) is 9.81 Å². The molecule has 0 amide bonds. The second-order valence-electron chi connectivity index (χ2n) is 3.31. The highest BCUT2D eigenvalue weighted by Crippen LogP contribution is 2.36. The van der Waals surface area contributed by atoms with E-state index >= 15 is 0 Å². The molecule has 1 N–H and O–H groups in total. The zero-order valence-electron chi connectivity index (χ0n) is 7.70. The summed E-state index contributed by atoms with van der Waals surface area (Å²) in [6.45, 7) is 0. The molecule has 1 aliphatic rings. The summed E-state index contributed by atoms with van der Waals surface area (Å²) in [6, 6.07) is 5.55. The molecule has 2 atom stereocenters. The maximum Gasteiger partial charge on any atom is 0.253 e. The van der Waals surface area contributed by atoms with Crippen molar-refractivity contribution in [3.63, 3.8) is 0 Å². The van der Waals surface area contributed by atoms with Crippen LogP contribution in [0.4, 0.5) is 0 Å². The molecule has 76 valence electrons. The smallest absolute Gasteiger partial charge is 0.253 e. The third-order valence-electron chi connectivity index (χ3n) is 2.48. The van der Waals surface area contributed by atoms with Gasteiger partial charge in [-0.05, 0) is 10.7 Å². The molecule has 0 bridgehead atoms. The Morgan fingerprint density at radius 2 is 2.00 bits per heavy atom. The van der Waals surface area contributed by atoms with Crippen LogP contribution < -0.4 is 0 Å². The van der Waals surface area contributed by atoms with E-state index in [4.69, 9.17) is 0 Å². The fourth-order valence-corrected chi connectivity index (χ4v) is 1.68. The molecule has 0 fully saturated rings. The highest BCUT2D eigenvalue weighted by atomic mass is 16.4. The summed E-state index contributed by atoms with van der Waals surface area (Å²) in [5.41, 5.74) is -1.10. The second kappa shape index (κ2) is 3.36. The molecule has 0 heterocycles. The molecule has 2 rings (SSSR count). The molecule has 1 aromatic rings. The SMILES string of the molecule is O=NC1C=Cc2ccccc2C1(O)N=O.